The van der Waals surface area contributed by atoms with Crippen LogP contribution in [0.4, 0.5) is 4.79 Å². The lowest BCUT2D eigenvalue weighted by Crippen LogP contribution is -2.56. The zero-order valence-corrected chi connectivity index (χ0v) is 12.9. The Labute approximate surface area is 124 Å². The molecular weight excluding hydrogens is 276 g/mol. The number of aliphatic carboxylic acids is 1. The average molecular weight is 300 g/mol. The Morgan fingerprint density at radius 3 is 2.52 bits per heavy atom. The number of carbonyl (C=O) groups excluding carboxylic acids is 2. The minimum absolute atomic E-state index is 0.146. The fraction of sp³-hybridized carbons (Fsp3) is 0.786. The number of nitrogens with zero attached hydrogens (tertiary/aromatic N) is 2. The van der Waals surface area contributed by atoms with Crippen LogP contribution in [0.1, 0.15) is 40.0 Å². The van der Waals surface area contributed by atoms with Crippen LogP contribution in [0.5, 0.6) is 0 Å². The summed E-state index contributed by atoms with van der Waals surface area (Å²) in [6.45, 7) is 6.04. The van der Waals surface area contributed by atoms with Crippen molar-refractivity contribution in [2.24, 2.45) is 0 Å². The molecule has 0 aromatic heterocycles. The number of ether oxygens (including phenoxy) is 1. The maximum absolute atomic E-state index is 12.6. The second-order valence-corrected chi connectivity index (χ2v) is 5.34. The summed E-state index contributed by atoms with van der Waals surface area (Å²) >= 11 is 0. The van der Waals surface area contributed by atoms with Crippen molar-refractivity contribution in [3.63, 3.8) is 0 Å². The van der Waals surface area contributed by atoms with Crippen LogP contribution in [0.3, 0.4) is 0 Å². The lowest BCUT2D eigenvalue weighted by atomic mass is 10.00. The molecule has 0 bridgehead atoms. The molecule has 1 heterocycles. The van der Waals surface area contributed by atoms with E-state index in [1.807, 2.05) is 6.92 Å². The summed E-state index contributed by atoms with van der Waals surface area (Å²) in [7, 11) is 0. The van der Waals surface area contributed by atoms with Crippen LogP contribution >= 0.6 is 0 Å². The van der Waals surface area contributed by atoms with Gasteiger partial charge in [-0.3, -0.25) is 4.79 Å². The fourth-order valence-electron chi connectivity index (χ4n) is 2.54. The highest BCUT2D eigenvalue weighted by Crippen LogP contribution is 2.30. The number of urea groups is 1. The van der Waals surface area contributed by atoms with Crippen molar-refractivity contribution in [1.82, 2.24) is 9.80 Å². The number of likely N-dealkylation sites (tertiary alicyclic amines) is 1. The molecule has 1 unspecified atom stereocenters. The summed E-state index contributed by atoms with van der Waals surface area (Å²) in [6.07, 6.45) is 1.75. The Morgan fingerprint density at radius 1 is 1.33 bits per heavy atom. The maximum Gasteiger partial charge on any atom is 0.329 e. The van der Waals surface area contributed by atoms with E-state index in [0.29, 0.717) is 32.4 Å². The zero-order chi connectivity index (χ0) is 16.0. The number of carboxylic acids is 1. The molecule has 0 spiro atoms. The van der Waals surface area contributed by atoms with E-state index in [2.05, 4.69) is 0 Å². The second kappa shape index (κ2) is 7.28. The number of carbonyl (C=O) groups is 3. The molecule has 0 aliphatic carbocycles. The van der Waals surface area contributed by atoms with Gasteiger partial charge < -0.3 is 19.6 Å². The number of esters is 1. The molecule has 1 rings (SSSR count). The van der Waals surface area contributed by atoms with E-state index in [1.165, 1.54) is 9.80 Å². The molecule has 0 aromatic rings. The number of rotatable bonds is 6. The summed E-state index contributed by atoms with van der Waals surface area (Å²) < 4.78 is 4.86. The first-order valence-electron chi connectivity index (χ1n) is 7.32. The molecule has 7 heteroatoms. The van der Waals surface area contributed by atoms with Gasteiger partial charge in [0.15, 0.2) is 0 Å². The third-order valence-electron chi connectivity index (χ3n) is 3.72. The lowest BCUT2D eigenvalue weighted by molar-refractivity contribution is -0.147. The van der Waals surface area contributed by atoms with Gasteiger partial charge in [-0.25, -0.2) is 9.59 Å². The highest BCUT2D eigenvalue weighted by Gasteiger charge is 2.47. The Balaban J connectivity index is 2.85. The van der Waals surface area contributed by atoms with E-state index >= 15 is 0 Å². The van der Waals surface area contributed by atoms with Gasteiger partial charge in [0.2, 0.25) is 0 Å². The SMILES string of the molecule is CCCN(CC(=O)OCC)C(=O)N1CCCC1(C)C(=O)O. The second-order valence-electron chi connectivity index (χ2n) is 5.34. The quantitative estimate of drug-likeness (QED) is 0.748. The molecule has 1 N–H and O–H groups in total. The monoisotopic (exact) mass is 300 g/mol. The van der Waals surface area contributed by atoms with Gasteiger partial charge in [-0.05, 0) is 33.1 Å². The molecule has 1 aliphatic rings. The summed E-state index contributed by atoms with van der Waals surface area (Å²) in [5.41, 5.74) is -1.20. The van der Waals surface area contributed by atoms with E-state index in [1.54, 1.807) is 13.8 Å². The van der Waals surface area contributed by atoms with E-state index in [-0.39, 0.29) is 13.2 Å². The summed E-state index contributed by atoms with van der Waals surface area (Å²) in [6, 6.07) is -0.410. The summed E-state index contributed by atoms with van der Waals surface area (Å²) in [5, 5.41) is 9.37. The summed E-state index contributed by atoms with van der Waals surface area (Å²) in [4.78, 5) is 38.3. The molecule has 7 nitrogen and oxygen atoms in total. The Hall–Kier alpha value is -1.79. The van der Waals surface area contributed by atoms with E-state index in [4.69, 9.17) is 4.74 Å². The van der Waals surface area contributed by atoms with Crippen LogP contribution < -0.4 is 0 Å². The van der Waals surface area contributed by atoms with E-state index < -0.39 is 23.5 Å². The number of hydrogen-bond donors (Lipinski definition) is 1. The minimum atomic E-state index is -1.20. The van der Waals surface area contributed by atoms with Crippen molar-refractivity contribution in [2.45, 2.75) is 45.6 Å². The Bertz CT molecular complexity index is 412. The van der Waals surface area contributed by atoms with E-state index in [9.17, 15) is 19.5 Å². The molecular formula is C14H24N2O5. The molecule has 0 radical (unpaired) electrons. The van der Waals surface area contributed by atoms with Crippen molar-refractivity contribution < 1.29 is 24.2 Å². The lowest BCUT2D eigenvalue weighted by Gasteiger charge is -2.35. The van der Waals surface area contributed by atoms with Crippen LogP contribution in [0, 0.1) is 0 Å². The van der Waals surface area contributed by atoms with Gasteiger partial charge in [0.1, 0.15) is 12.1 Å². The average Bonchev–Trinajstić information content (AvgIpc) is 2.81. The minimum Gasteiger partial charge on any atom is -0.480 e. The third kappa shape index (κ3) is 3.86. The van der Waals surface area contributed by atoms with Crippen LogP contribution in [-0.4, -0.2) is 64.7 Å². The largest absolute Gasteiger partial charge is 0.480 e. The third-order valence-corrected chi connectivity index (χ3v) is 3.72. The van der Waals surface area contributed by atoms with Gasteiger partial charge in [0.25, 0.3) is 0 Å². The van der Waals surface area contributed by atoms with Crippen LogP contribution in [0.2, 0.25) is 0 Å². The van der Waals surface area contributed by atoms with Crippen LogP contribution in [0.25, 0.3) is 0 Å². The Kier molecular flexibility index (Phi) is 5.99. The van der Waals surface area contributed by atoms with Gasteiger partial charge in [-0.2, -0.15) is 0 Å². The van der Waals surface area contributed by atoms with Gasteiger partial charge in [0, 0.05) is 13.1 Å². The standard InChI is InChI=1S/C14H24N2O5/c1-4-8-15(10-11(17)21-5-2)13(20)16-9-6-7-14(16,3)12(18)19/h4-10H2,1-3H3,(H,18,19). The first kappa shape index (κ1) is 17.3. The molecule has 1 aliphatic heterocycles. The molecule has 0 saturated carbocycles. The van der Waals surface area contributed by atoms with Gasteiger partial charge in [-0.1, -0.05) is 6.92 Å². The van der Waals surface area contributed by atoms with Crippen molar-refractivity contribution in [3.8, 4) is 0 Å². The highest BCUT2D eigenvalue weighted by molar-refractivity contribution is 5.88. The first-order chi connectivity index (χ1) is 9.86. The van der Waals surface area contributed by atoms with Crippen LogP contribution in [-0.2, 0) is 14.3 Å². The first-order valence-corrected chi connectivity index (χ1v) is 7.32. The molecule has 21 heavy (non-hydrogen) atoms. The molecule has 1 saturated heterocycles. The highest BCUT2D eigenvalue weighted by atomic mass is 16.5. The smallest absolute Gasteiger partial charge is 0.329 e. The van der Waals surface area contributed by atoms with Gasteiger partial charge >= 0.3 is 18.0 Å². The summed E-state index contributed by atoms with van der Waals surface area (Å²) in [5.74, 6) is -1.49. The molecule has 1 atom stereocenters. The topological polar surface area (TPSA) is 87.2 Å². The van der Waals surface area contributed by atoms with Crippen molar-refractivity contribution >= 4 is 18.0 Å². The number of amides is 2. The van der Waals surface area contributed by atoms with Crippen molar-refractivity contribution in [1.29, 1.82) is 0 Å². The van der Waals surface area contributed by atoms with Gasteiger partial charge in [0.05, 0.1) is 6.61 Å². The van der Waals surface area contributed by atoms with Crippen molar-refractivity contribution in [3.05, 3.63) is 0 Å². The van der Waals surface area contributed by atoms with E-state index in [0.717, 1.165) is 0 Å². The molecule has 2 amide bonds. The predicted molar refractivity (Wildman–Crippen MR) is 75.9 cm³/mol. The Morgan fingerprint density at radius 2 is 2.00 bits per heavy atom. The number of hydrogen-bond acceptors (Lipinski definition) is 4. The van der Waals surface area contributed by atoms with Gasteiger partial charge in [-0.15, -0.1) is 0 Å². The normalized spacial score (nSPS) is 21.2. The van der Waals surface area contributed by atoms with Crippen molar-refractivity contribution in [2.75, 3.05) is 26.2 Å². The number of carboxylic acid groups (broad SMARTS) is 1. The molecule has 120 valence electrons. The zero-order valence-electron chi connectivity index (χ0n) is 12.9. The predicted octanol–water partition coefficient (Wildman–Crippen LogP) is 1.32. The fourth-order valence-corrected chi connectivity index (χ4v) is 2.54. The maximum atomic E-state index is 12.6. The van der Waals surface area contributed by atoms with Crippen LogP contribution in [0.15, 0.2) is 0 Å². The molecule has 1 fully saturated rings. The molecule has 0 aromatic carbocycles.